The Morgan fingerprint density at radius 3 is 2.48 bits per heavy atom. The molecule has 0 bridgehead atoms. The molecule has 2 aromatic carbocycles. The minimum absolute atomic E-state index is 0.566. The number of ether oxygens (including phenoxy) is 1. The zero-order valence-corrected chi connectivity index (χ0v) is 14.0. The zero-order valence-electron chi connectivity index (χ0n) is 12.5. The molecule has 0 atom stereocenters. The van der Waals surface area contributed by atoms with Crippen molar-refractivity contribution >= 4 is 28.9 Å². The van der Waals surface area contributed by atoms with Crippen molar-refractivity contribution < 1.29 is 9.15 Å². The van der Waals surface area contributed by atoms with Crippen molar-refractivity contribution in [2.45, 2.75) is 6.54 Å². The third-order valence-corrected chi connectivity index (χ3v) is 3.96. The average molecular weight is 348 g/mol. The van der Waals surface area contributed by atoms with E-state index in [1.54, 1.807) is 7.11 Å². The van der Waals surface area contributed by atoms with Gasteiger partial charge < -0.3 is 14.5 Å². The van der Waals surface area contributed by atoms with Gasteiger partial charge in [-0.05, 0) is 54.6 Å². The molecule has 0 radical (unpaired) electrons. The molecule has 0 saturated carbocycles. The summed E-state index contributed by atoms with van der Waals surface area (Å²) in [6, 6.07) is 17.0. The van der Waals surface area contributed by atoms with Crippen molar-refractivity contribution in [3.63, 3.8) is 0 Å². The number of hydrogen-bond donors (Lipinski definition) is 1. The molecule has 0 aliphatic heterocycles. The standard InChI is InChI=1S/C18H15Cl2NO2/c1-22-18-8-6-14(10-16(18)20)21-11-15-7-9-17(23-15)12-2-4-13(19)5-3-12/h2-10,21H,11H2,1H3. The lowest BCUT2D eigenvalue weighted by molar-refractivity contribution is 0.415. The second-order valence-corrected chi connectivity index (χ2v) is 5.82. The highest BCUT2D eigenvalue weighted by Crippen LogP contribution is 2.28. The molecule has 5 heteroatoms. The van der Waals surface area contributed by atoms with Crippen molar-refractivity contribution in [3.8, 4) is 17.1 Å². The van der Waals surface area contributed by atoms with Crippen LogP contribution in [0.3, 0.4) is 0 Å². The number of benzene rings is 2. The molecule has 0 aliphatic rings. The lowest BCUT2D eigenvalue weighted by Gasteiger charge is -2.07. The Morgan fingerprint density at radius 2 is 1.78 bits per heavy atom. The smallest absolute Gasteiger partial charge is 0.137 e. The molecule has 3 rings (SSSR count). The Hall–Kier alpha value is -2.10. The molecule has 0 unspecified atom stereocenters. The maximum atomic E-state index is 6.11. The van der Waals surface area contributed by atoms with Gasteiger partial charge in [-0.2, -0.15) is 0 Å². The highest BCUT2D eigenvalue weighted by Gasteiger charge is 2.06. The van der Waals surface area contributed by atoms with Gasteiger partial charge in [-0.15, -0.1) is 0 Å². The van der Waals surface area contributed by atoms with E-state index in [1.165, 1.54) is 0 Å². The van der Waals surface area contributed by atoms with Gasteiger partial charge in [-0.25, -0.2) is 0 Å². The minimum Gasteiger partial charge on any atom is -0.495 e. The fraction of sp³-hybridized carbons (Fsp3) is 0.111. The van der Waals surface area contributed by atoms with Crippen LogP contribution in [-0.4, -0.2) is 7.11 Å². The van der Waals surface area contributed by atoms with Crippen LogP contribution >= 0.6 is 23.2 Å². The first-order valence-electron chi connectivity index (χ1n) is 7.08. The van der Waals surface area contributed by atoms with E-state index in [-0.39, 0.29) is 0 Å². The Kier molecular flexibility index (Phi) is 4.79. The average Bonchev–Trinajstić information content (AvgIpc) is 3.03. The number of furan rings is 1. The molecule has 1 aromatic heterocycles. The van der Waals surface area contributed by atoms with Crippen LogP contribution in [0.15, 0.2) is 59.0 Å². The van der Waals surface area contributed by atoms with Crippen LogP contribution in [0, 0.1) is 0 Å². The summed E-state index contributed by atoms with van der Waals surface area (Å²) in [5.41, 5.74) is 1.90. The number of halogens is 2. The van der Waals surface area contributed by atoms with E-state index in [4.69, 9.17) is 32.4 Å². The van der Waals surface area contributed by atoms with Crippen LogP contribution in [0.5, 0.6) is 5.75 Å². The molecule has 1 heterocycles. The largest absolute Gasteiger partial charge is 0.495 e. The Morgan fingerprint density at radius 1 is 1.00 bits per heavy atom. The van der Waals surface area contributed by atoms with Crippen molar-refractivity contribution in [1.82, 2.24) is 0 Å². The first-order valence-corrected chi connectivity index (χ1v) is 7.83. The number of methoxy groups -OCH3 is 1. The van der Waals surface area contributed by atoms with Gasteiger partial charge in [0, 0.05) is 16.3 Å². The van der Waals surface area contributed by atoms with Gasteiger partial charge in [-0.1, -0.05) is 23.2 Å². The summed E-state index contributed by atoms with van der Waals surface area (Å²) in [6.07, 6.45) is 0. The highest BCUT2D eigenvalue weighted by atomic mass is 35.5. The SMILES string of the molecule is COc1ccc(NCc2ccc(-c3ccc(Cl)cc3)o2)cc1Cl. The third kappa shape index (κ3) is 3.81. The fourth-order valence-corrected chi connectivity index (χ4v) is 2.59. The van der Waals surface area contributed by atoms with Gasteiger partial charge in [0.2, 0.25) is 0 Å². The Labute approximate surface area is 144 Å². The number of hydrogen-bond acceptors (Lipinski definition) is 3. The first kappa shape index (κ1) is 15.8. The molecular formula is C18H15Cl2NO2. The van der Waals surface area contributed by atoms with Crippen LogP contribution in [0.2, 0.25) is 10.0 Å². The monoisotopic (exact) mass is 347 g/mol. The summed E-state index contributed by atoms with van der Waals surface area (Å²) in [5.74, 6) is 2.30. The van der Waals surface area contributed by atoms with Crippen LogP contribution in [0.1, 0.15) is 5.76 Å². The summed E-state index contributed by atoms with van der Waals surface area (Å²) in [4.78, 5) is 0. The molecular weight excluding hydrogens is 333 g/mol. The molecule has 118 valence electrons. The molecule has 0 aliphatic carbocycles. The normalized spacial score (nSPS) is 10.6. The van der Waals surface area contributed by atoms with Crippen molar-refractivity contribution in [1.29, 1.82) is 0 Å². The first-order chi connectivity index (χ1) is 11.2. The fourth-order valence-electron chi connectivity index (χ4n) is 2.21. The summed E-state index contributed by atoms with van der Waals surface area (Å²) in [5, 5.41) is 4.55. The summed E-state index contributed by atoms with van der Waals surface area (Å²) >= 11 is 12.0. The maximum Gasteiger partial charge on any atom is 0.137 e. The van der Waals surface area contributed by atoms with E-state index in [2.05, 4.69) is 5.32 Å². The second-order valence-electron chi connectivity index (χ2n) is 4.98. The van der Waals surface area contributed by atoms with E-state index < -0.39 is 0 Å². The quantitative estimate of drug-likeness (QED) is 0.626. The Balaban J connectivity index is 1.67. The van der Waals surface area contributed by atoms with E-state index in [0.29, 0.717) is 22.3 Å². The molecule has 0 saturated heterocycles. The van der Waals surface area contributed by atoms with Gasteiger partial charge >= 0.3 is 0 Å². The van der Waals surface area contributed by atoms with Gasteiger partial charge in [0.25, 0.3) is 0 Å². The van der Waals surface area contributed by atoms with Crippen LogP contribution in [-0.2, 0) is 6.54 Å². The van der Waals surface area contributed by atoms with E-state index in [1.807, 2.05) is 54.6 Å². The topological polar surface area (TPSA) is 34.4 Å². The number of anilines is 1. The molecule has 0 amide bonds. The van der Waals surface area contributed by atoms with Crippen molar-refractivity contribution in [2.24, 2.45) is 0 Å². The van der Waals surface area contributed by atoms with E-state index in [9.17, 15) is 0 Å². The van der Waals surface area contributed by atoms with Crippen LogP contribution < -0.4 is 10.1 Å². The molecule has 0 spiro atoms. The molecule has 23 heavy (non-hydrogen) atoms. The lowest BCUT2D eigenvalue weighted by atomic mass is 10.2. The second kappa shape index (κ2) is 6.99. The predicted molar refractivity (Wildman–Crippen MR) is 94.5 cm³/mol. The summed E-state index contributed by atoms with van der Waals surface area (Å²) < 4.78 is 11.0. The van der Waals surface area contributed by atoms with Gasteiger partial charge in [0.15, 0.2) is 0 Å². The molecule has 3 nitrogen and oxygen atoms in total. The van der Waals surface area contributed by atoms with E-state index >= 15 is 0 Å². The van der Waals surface area contributed by atoms with Gasteiger partial charge in [-0.3, -0.25) is 0 Å². The van der Waals surface area contributed by atoms with Crippen LogP contribution in [0.25, 0.3) is 11.3 Å². The zero-order chi connectivity index (χ0) is 16.2. The lowest BCUT2D eigenvalue weighted by Crippen LogP contribution is -1.98. The molecule has 1 N–H and O–H groups in total. The van der Waals surface area contributed by atoms with Crippen molar-refractivity contribution in [2.75, 3.05) is 12.4 Å². The van der Waals surface area contributed by atoms with Crippen LogP contribution in [0.4, 0.5) is 5.69 Å². The predicted octanol–water partition coefficient (Wildman–Crippen LogP) is 5.87. The number of nitrogens with one attached hydrogen (secondary N) is 1. The minimum atomic E-state index is 0.566. The highest BCUT2D eigenvalue weighted by molar-refractivity contribution is 6.32. The van der Waals surface area contributed by atoms with Gasteiger partial charge in [0.1, 0.15) is 17.3 Å². The Bertz CT molecular complexity index is 797. The van der Waals surface area contributed by atoms with E-state index in [0.717, 1.165) is 22.8 Å². The number of rotatable bonds is 5. The maximum absolute atomic E-state index is 6.11. The summed E-state index contributed by atoms with van der Waals surface area (Å²) in [7, 11) is 1.59. The molecule has 0 fully saturated rings. The van der Waals surface area contributed by atoms with Crippen molar-refractivity contribution in [3.05, 3.63) is 70.4 Å². The molecule has 3 aromatic rings. The van der Waals surface area contributed by atoms with Gasteiger partial charge in [0.05, 0.1) is 18.7 Å². The summed E-state index contributed by atoms with van der Waals surface area (Å²) in [6.45, 7) is 0.566. The third-order valence-electron chi connectivity index (χ3n) is 3.41.